The number of alkyl halides is 3. The fraction of sp³-hybridized carbons (Fsp3) is 0.500. The van der Waals surface area contributed by atoms with Gasteiger partial charge in [0, 0.05) is 5.39 Å². The van der Waals surface area contributed by atoms with Gasteiger partial charge in [-0.05, 0) is 37.2 Å². The third kappa shape index (κ3) is 3.94. The number of fused-ring (bicyclic) bond motifs is 1. The van der Waals surface area contributed by atoms with Crippen LogP contribution in [0.4, 0.5) is 13.2 Å². The van der Waals surface area contributed by atoms with Crippen molar-refractivity contribution in [2.24, 2.45) is 0 Å². The first-order valence-electron chi connectivity index (χ1n) is 8.24. The van der Waals surface area contributed by atoms with Crippen molar-refractivity contribution in [3.63, 3.8) is 0 Å². The van der Waals surface area contributed by atoms with Gasteiger partial charge in [-0.25, -0.2) is 4.98 Å². The number of likely N-dealkylation sites (N-methyl/N-ethyl adjacent to an activating group) is 1. The van der Waals surface area contributed by atoms with Crippen molar-refractivity contribution in [3.8, 4) is 0 Å². The van der Waals surface area contributed by atoms with Crippen molar-refractivity contribution in [1.82, 2.24) is 9.88 Å². The smallest absolute Gasteiger partial charge is 0.394 e. The van der Waals surface area contributed by atoms with E-state index in [2.05, 4.69) is 4.98 Å². The molecule has 0 saturated heterocycles. The molecule has 2 N–H and O–H groups in total. The van der Waals surface area contributed by atoms with Gasteiger partial charge >= 0.3 is 6.18 Å². The second-order valence-corrected chi connectivity index (χ2v) is 5.97. The number of aryl methyl sites for hydroxylation is 1. The molecule has 0 aliphatic carbocycles. The molecule has 0 spiro atoms. The lowest BCUT2D eigenvalue weighted by atomic mass is 9.99. The molecule has 0 amide bonds. The van der Waals surface area contributed by atoms with Crippen LogP contribution in [-0.2, 0) is 0 Å². The summed E-state index contributed by atoms with van der Waals surface area (Å²) in [7, 11) is 0. The Kier molecular flexibility index (Phi) is 6.03. The minimum atomic E-state index is -4.78. The molecule has 0 aliphatic rings. The molecule has 1 aromatic carbocycles. The van der Waals surface area contributed by atoms with E-state index in [1.54, 1.807) is 24.3 Å². The van der Waals surface area contributed by atoms with Crippen LogP contribution < -0.4 is 0 Å². The Morgan fingerprint density at radius 2 is 1.84 bits per heavy atom. The monoisotopic (exact) mass is 356 g/mol. The minimum Gasteiger partial charge on any atom is -0.394 e. The quantitative estimate of drug-likeness (QED) is 0.832. The van der Waals surface area contributed by atoms with Crippen molar-refractivity contribution in [1.29, 1.82) is 0 Å². The molecule has 1 heterocycles. The van der Waals surface area contributed by atoms with Crippen molar-refractivity contribution >= 4 is 10.9 Å². The predicted octanol–water partition coefficient (Wildman–Crippen LogP) is 3.51. The van der Waals surface area contributed by atoms with E-state index in [0.29, 0.717) is 29.6 Å². The highest BCUT2D eigenvalue weighted by Gasteiger charge is 2.41. The van der Waals surface area contributed by atoms with Crippen molar-refractivity contribution in [3.05, 3.63) is 41.1 Å². The highest BCUT2D eigenvalue weighted by molar-refractivity contribution is 5.83. The third-order valence-corrected chi connectivity index (χ3v) is 4.46. The average molecular weight is 356 g/mol. The van der Waals surface area contributed by atoms with Crippen LogP contribution in [0.15, 0.2) is 24.3 Å². The largest absolute Gasteiger partial charge is 0.420 e. The molecule has 4 nitrogen and oxygen atoms in total. The van der Waals surface area contributed by atoms with E-state index in [9.17, 15) is 23.4 Å². The lowest BCUT2D eigenvalue weighted by Crippen LogP contribution is -2.31. The summed E-state index contributed by atoms with van der Waals surface area (Å²) in [4.78, 5) is 6.16. The molecule has 7 heteroatoms. The van der Waals surface area contributed by atoms with Gasteiger partial charge in [-0.1, -0.05) is 32.0 Å². The number of benzene rings is 1. The van der Waals surface area contributed by atoms with Gasteiger partial charge in [0.2, 0.25) is 0 Å². The molecule has 0 radical (unpaired) electrons. The van der Waals surface area contributed by atoms with E-state index in [1.807, 2.05) is 18.7 Å². The van der Waals surface area contributed by atoms with Crippen molar-refractivity contribution in [2.45, 2.75) is 39.1 Å². The molecule has 1 aromatic heterocycles. The zero-order valence-corrected chi connectivity index (χ0v) is 14.5. The first-order chi connectivity index (χ1) is 11.7. The molecule has 2 atom stereocenters. The summed E-state index contributed by atoms with van der Waals surface area (Å²) in [6, 6.07) is 6.54. The topological polar surface area (TPSA) is 56.6 Å². The lowest BCUT2D eigenvalue weighted by molar-refractivity contribution is -0.208. The van der Waals surface area contributed by atoms with E-state index < -0.39 is 18.0 Å². The number of aliphatic hydroxyl groups excluding tert-OH is 2. The minimum absolute atomic E-state index is 0.173. The maximum atomic E-state index is 12.9. The van der Waals surface area contributed by atoms with Crippen LogP contribution >= 0.6 is 0 Å². The van der Waals surface area contributed by atoms with Gasteiger partial charge in [-0.15, -0.1) is 0 Å². The summed E-state index contributed by atoms with van der Waals surface area (Å²) in [5, 5.41) is 20.2. The molecule has 0 bridgehead atoms. The van der Waals surface area contributed by atoms with E-state index in [4.69, 9.17) is 0 Å². The average Bonchev–Trinajstić information content (AvgIpc) is 2.57. The van der Waals surface area contributed by atoms with Gasteiger partial charge in [0.15, 0.2) is 6.10 Å². The molecule has 0 aliphatic heterocycles. The van der Waals surface area contributed by atoms with Crippen LogP contribution in [0.5, 0.6) is 0 Å². The van der Waals surface area contributed by atoms with Gasteiger partial charge in [0.1, 0.15) is 0 Å². The van der Waals surface area contributed by atoms with Gasteiger partial charge in [-0.3, -0.25) is 4.90 Å². The van der Waals surface area contributed by atoms with Crippen LogP contribution in [0.3, 0.4) is 0 Å². The van der Waals surface area contributed by atoms with Gasteiger partial charge in [0.25, 0.3) is 0 Å². The molecular weight excluding hydrogens is 333 g/mol. The summed E-state index contributed by atoms with van der Waals surface area (Å²) in [5.74, 6) is 0. The molecule has 2 rings (SSSR count). The number of aliphatic hydroxyl groups is 2. The molecule has 0 saturated carbocycles. The lowest BCUT2D eigenvalue weighted by Gasteiger charge is -2.29. The van der Waals surface area contributed by atoms with Crippen LogP contribution in [0.1, 0.15) is 42.8 Å². The molecule has 25 heavy (non-hydrogen) atoms. The number of para-hydroxylation sites is 1. The number of halogens is 3. The molecule has 2 aromatic rings. The third-order valence-electron chi connectivity index (χ3n) is 4.46. The fourth-order valence-electron chi connectivity index (χ4n) is 3.12. The van der Waals surface area contributed by atoms with Crippen molar-refractivity contribution in [2.75, 3.05) is 19.7 Å². The van der Waals surface area contributed by atoms with Crippen molar-refractivity contribution < 1.29 is 23.4 Å². The van der Waals surface area contributed by atoms with E-state index in [-0.39, 0.29) is 18.2 Å². The van der Waals surface area contributed by atoms with E-state index in [1.165, 1.54) is 6.92 Å². The Labute approximate surface area is 144 Å². The maximum absolute atomic E-state index is 12.9. The number of aromatic nitrogens is 1. The molecular formula is C18H23F3N2O2. The SMILES string of the molecule is CCN(CC)C(CO)c1cccc2cc(C)c(C(O)C(F)(F)F)nc12. The molecule has 138 valence electrons. The molecule has 2 unspecified atom stereocenters. The summed E-state index contributed by atoms with van der Waals surface area (Å²) in [6.07, 6.45) is -7.42. The fourth-order valence-corrected chi connectivity index (χ4v) is 3.12. The van der Waals surface area contributed by atoms with Gasteiger partial charge in [0.05, 0.1) is 23.9 Å². The molecule has 0 fully saturated rings. The van der Waals surface area contributed by atoms with E-state index in [0.717, 1.165) is 0 Å². The second kappa shape index (κ2) is 7.68. The zero-order chi connectivity index (χ0) is 18.8. The number of hydrogen-bond acceptors (Lipinski definition) is 4. The standard InChI is InChI=1S/C18H23F3N2O2/c1-4-23(5-2)14(10-24)13-8-6-7-12-9-11(3)15(22-16(12)13)17(25)18(19,20)21/h6-9,14,17,24-25H,4-5,10H2,1-3H3. The van der Waals surface area contributed by atoms with Crippen LogP contribution in [0.25, 0.3) is 10.9 Å². The Bertz CT molecular complexity index is 730. The highest BCUT2D eigenvalue weighted by Crippen LogP contribution is 2.35. The Morgan fingerprint density at radius 3 is 2.36 bits per heavy atom. The van der Waals surface area contributed by atoms with Gasteiger partial charge < -0.3 is 10.2 Å². The van der Waals surface area contributed by atoms with Crippen LogP contribution in [0, 0.1) is 6.92 Å². The first-order valence-corrected chi connectivity index (χ1v) is 8.24. The highest BCUT2D eigenvalue weighted by atomic mass is 19.4. The summed E-state index contributed by atoms with van der Waals surface area (Å²) in [5.41, 5.74) is 0.901. The number of rotatable bonds is 6. The first kappa shape index (κ1) is 19.6. The zero-order valence-electron chi connectivity index (χ0n) is 14.5. The maximum Gasteiger partial charge on any atom is 0.420 e. The van der Waals surface area contributed by atoms with E-state index >= 15 is 0 Å². The summed E-state index contributed by atoms with van der Waals surface area (Å²) in [6.45, 7) is 6.59. The summed E-state index contributed by atoms with van der Waals surface area (Å²) >= 11 is 0. The Morgan fingerprint density at radius 1 is 1.20 bits per heavy atom. The predicted molar refractivity (Wildman–Crippen MR) is 90.2 cm³/mol. The number of hydrogen-bond donors (Lipinski definition) is 2. The second-order valence-electron chi connectivity index (χ2n) is 5.97. The number of pyridine rings is 1. The van der Waals surface area contributed by atoms with Crippen LogP contribution in [0.2, 0.25) is 0 Å². The Hall–Kier alpha value is -1.70. The number of nitrogens with zero attached hydrogens (tertiary/aromatic N) is 2. The van der Waals surface area contributed by atoms with Gasteiger partial charge in [-0.2, -0.15) is 13.2 Å². The summed E-state index contributed by atoms with van der Waals surface area (Å²) < 4.78 is 38.8. The normalized spacial score (nSPS) is 14.9. The Balaban J connectivity index is 2.66. The van der Waals surface area contributed by atoms with Crippen LogP contribution in [-0.4, -0.2) is 46.0 Å².